The summed E-state index contributed by atoms with van der Waals surface area (Å²) in [5.74, 6) is 0.640. The molecular formula is C17H16O2. The molecule has 0 aliphatic carbocycles. The number of hydrogen-bond donors (Lipinski definition) is 0. The van der Waals surface area contributed by atoms with E-state index in [4.69, 9.17) is 4.74 Å². The lowest BCUT2D eigenvalue weighted by molar-refractivity contribution is 0.103. The average Bonchev–Trinajstić information content (AvgIpc) is 2.45. The van der Waals surface area contributed by atoms with E-state index in [0.717, 1.165) is 5.56 Å². The van der Waals surface area contributed by atoms with E-state index in [-0.39, 0.29) is 5.78 Å². The first-order valence-corrected chi connectivity index (χ1v) is 6.14. The van der Waals surface area contributed by atoms with Crippen molar-refractivity contribution in [3.05, 3.63) is 77.9 Å². The van der Waals surface area contributed by atoms with Crippen LogP contribution in [0.1, 0.15) is 22.8 Å². The van der Waals surface area contributed by atoms with Crippen LogP contribution in [0.5, 0.6) is 5.75 Å². The predicted molar refractivity (Wildman–Crippen MR) is 76.4 cm³/mol. The van der Waals surface area contributed by atoms with Crippen LogP contribution in [0.3, 0.4) is 0 Å². The van der Waals surface area contributed by atoms with Crippen LogP contribution in [0.25, 0.3) is 0 Å². The van der Waals surface area contributed by atoms with E-state index in [0.29, 0.717) is 23.5 Å². The molecule has 2 rings (SSSR count). The second kappa shape index (κ2) is 6.01. The van der Waals surface area contributed by atoms with Crippen LogP contribution in [0.2, 0.25) is 0 Å². The Morgan fingerprint density at radius 1 is 1.11 bits per heavy atom. The van der Waals surface area contributed by atoms with Gasteiger partial charge < -0.3 is 4.74 Å². The molecule has 0 amide bonds. The van der Waals surface area contributed by atoms with Crippen molar-refractivity contribution in [3.63, 3.8) is 0 Å². The zero-order valence-corrected chi connectivity index (χ0v) is 10.9. The van der Waals surface area contributed by atoms with E-state index in [1.54, 1.807) is 19.1 Å². The molecule has 0 aliphatic heterocycles. The number of Topliss-reactive ketones (excluding diaryl/α,β-unsaturated/α-hetero) is 1. The van der Waals surface area contributed by atoms with Crippen molar-refractivity contribution < 1.29 is 9.53 Å². The fraction of sp³-hybridized carbons (Fsp3) is 0.118. The third kappa shape index (κ3) is 3.55. The van der Waals surface area contributed by atoms with Gasteiger partial charge in [-0.2, -0.15) is 0 Å². The molecule has 0 atom stereocenters. The highest BCUT2D eigenvalue weighted by Crippen LogP contribution is 2.17. The Hall–Kier alpha value is -2.35. The molecule has 0 aliphatic rings. The summed E-state index contributed by atoms with van der Waals surface area (Å²) in [6.07, 6.45) is 0. The van der Waals surface area contributed by atoms with Gasteiger partial charge in [0.2, 0.25) is 0 Å². The zero-order valence-electron chi connectivity index (χ0n) is 10.9. The number of ketones is 1. The van der Waals surface area contributed by atoms with Crippen LogP contribution in [0, 0.1) is 0 Å². The topological polar surface area (TPSA) is 26.3 Å². The highest BCUT2D eigenvalue weighted by atomic mass is 16.5. The Morgan fingerprint density at radius 2 is 1.84 bits per heavy atom. The minimum atomic E-state index is -0.0508. The average molecular weight is 252 g/mol. The highest BCUT2D eigenvalue weighted by molar-refractivity contribution is 6.08. The lowest BCUT2D eigenvalue weighted by Crippen LogP contribution is -2.01. The van der Waals surface area contributed by atoms with Gasteiger partial charge in [-0.05, 0) is 30.2 Å². The van der Waals surface area contributed by atoms with Crippen molar-refractivity contribution in [2.75, 3.05) is 0 Å². The van der Waals surface area contributed by atoms with Crippen LogP contribution >= 0.6 is 0 Å². The van der Waals surface area contributed by atoms with E-state index < -0.39 is 0 Å². The summed E-state index contributed by atoms with van der Waals surface area (Å²) in [5, 5.41) is 0. The molecule has 0 heterocycles. The maximum Gasteiger partial charge on any atom is 0.188 e. The van der Waals surface area contributed by atoms with Gasteiger partial charge in [-0.3, -0.25) is 4.79 Å². The summed E-state index contributed by atoms with van der Waals surface area (Å²) in [5.41, 5.74) is 2.23. The molecular weight excluding hydrogens is 236 g/mol. The van der Waals surface area contributed by atoms with Gasteiger partial charge >= 0.3 is 0 Å². The van der Waals surface area contributed by atoms with Crippen molar-refractivity contribution in [2.24, 2.45) is 0 Å². The van der Waals surface area contributed by atoms with Gasteiger partial charge in [-0.1, -0.05) is 49.0 Å². The molecule has 0 saturated heterocycles. The van der Waals surface area contributed by atoms with Crippen molar-refractivity contribution in [1.82, 2.24) is 0 Å². The molecule has 0 N–H and O–H groups in total. The number of ether oxygens (including phenoxy) is 1. The monoisotopic (exact) mass is 252 g/mol. The van der Waals surface area contributed by atoms with Crippen LogP contribution in [0.4, 0.5) is 0 Å². The van der Waals surface area contributed by atoms with Gasteiger partial charge in [0.25, 0.3) is 0 Å². The van der Waals surface area contributed by atoms with Crippen LogP contribution in [-0.4, -0.2) is 5.78 Å². The van der Waals surface area contributed by atoms with Crippen molar-refractivity contribution in [3.8, 4) is 5.75 Å². The quantitative estimate of drug-likeness (QED) is 0.593. The molecule has 0 unspecified atom stereocenters. The SMILES string of the molecule is C=C(C)C(=O)c1cccc(OCc2ccccc2)c1. The smallest absolute Gasteiger partial charge is 0.188 e. The van der Waals surface area contributed by atoms with E-state index in [1.807, 2.05) is 42.5 Å². The fourth-order valence-electron chi connectivity index (χ4n) is 1.71. The molecule has 0 spiro atoms. The third-order valence-corrected chi connectivity index (χ3v) is 2.73. The first-order chi connectivity index (χ1) is 9.16. The Morgan fingerprint density at radius 3 is 2.53 bits per heavy atom. The molecule has 2 aromatic rings. The number of carbonyl (C=O) groups excluding carboxylic acids is 1. The van der Waals surface area contributed by atoms with E-state index in [2.05, 4.69) is 6.58 Å². The second-order valence-electron chi connectivity index (χ2n) is 4.41. The second-order valence-corrected chi connectivity index (χ2v) is 4.41. The number of carbonyl (C=O) groups is 1. The minimum absolute atomic E-state index is 0.0508. The van der Waals surface area contributed by atoms with Gasteiger partial charge in [-0.25, -0.2) is 0 Å². The number of hydrogen-bond acceptors (Lipinski definition) is 2. The molecule has 96 valence electrons. The standard InChI is InChI=1S/C17H16O2/c1-13(2)17(18)15-9-6-10-16(11-15)19-12-14-7-4-3-5-8-14/h3-11H,1,12H2,2H3. The number of allylic oxidation sites excluding steroid dienone is 1. The van der Waals surface area contributed by atoms with Gasteiger partial charge in [0, 0.05) is 5.56 Å². The summed E-state index contributed by atoms with van der Waals surface area (Å²) in [6, 6.07) is 17.1. The number of rotatable bonds is 5. The number of benzene rings is 2. The van der Waals surface area contributed by atoms with Crippen molar-refractivity contribution in [1.29, 1.82) is 0 Å². The molecule has 0 fully saturated rings. The third-order valence-electron chi connectivity index (χ3n) is 2.73. The molecule has 2 heteroatoms. The van der Waals surface area contributed by atoms with Gasteiger partial charge in [0.1, 0.15) is 12.4 Å². The summed E-state index contributed by atoms with van der Waals surface area (Å²) in [7, 11) is 0. The molecule has 0 bridgehead atoms. The Bertz CT molecular complexity index is 585. The lowest BCUT2D eigenvalue weighted by atomic mass is 10.1. The Labute approximate surface area is 113 Å². The van der Waals surface area contributed by atoms with Crippen molar-refractivity contribution in [2.45, 2.75) is 13.5 Å². The first-order valence-electron chi connectivity index (χ1n) is 6.14. The molecule has 2 nitrogen and oxygen atoms in total. The van der Waals surface area contributed by atoms with Gasteiger partial charge in [-0.15, -0.1) is 0 Å². The van der Waals surface area contributed by atoms with Crippen LogP contribution in [-0.2, 0) is 6.61 Å². The summed E-state index contributed by atoms with van der Waals surface area (Å²) < 4.78 is 5.68. The molecule has 2 aromatic carbocycles. The first kappa shape index (κ1) is 13.1. The van der Waals surface area contributed by atoms with Crippen LogP contribution < -0.4 is 4.74 Å². The summed E-state index contributed by atoms with van der Waals surface area (Å²) >= 11 is 0. The largest absolute Gasteiger partial charge is 0.489 e. The maximum atomic E-state index is 11.8. The van der Waals surface area contributed by atoms with E-state index >= 15 is 0 Å². The molecule has 0 saturated carbocycles. The molecule has 19 heavy (non-hydrogen) atoms. The minimum Gasteiger partial charge on any atom is -0.489 e. The van der Waals surface area contributed by atoms with E-state index in [9.17, 15) is 4.79 Å². The highest BCUT2D eigenvalue weighted by Gasteiger charge is 2.07. The molecule has 0 radical (unpaired) electrons. The zero-order chi connectivity index (χ0) is 13.7. The van der Waals surface area contributed by atoms with Gasteiger partial charge in [0.05, 0.1) is 0 Å². The fourth-order valence-corrected chi connectivity index (χ4v) is 1.71. The van der Waals surface area contributed by atoms with E-state index in [1.165, 1.54) is 0 Å². The van der Waals surface area contributed by atoms with Crippen LogP contribution in [0.15, 0.2) is 66.7 Å². The Balaban J connectivity index is 2.07. The normalized spacial score (nSPS) is 9.95. The lowest BCUT2D eigenvalue weighted by Gasteiger charge is -2.07. The predicted octanol–water partition coefficient (Wildman–Crippen LogP) is 4.02. The van der Waals surface area contributed by atoms with Gasteiger partial charge in [0.15, 0.2) is 5.78 Å². The molecule has 0 aromatic heterocycles. The Kier molecular flexibility index (Phi) is 4.14. The maximum absolute atomic E-state index is 11.8. The summed E-state index contributed by atoms with van der Waals surface area (Å²) in [6.45, 7) is 5.86. The summed E-state index contributed by atoms with van der Waals surface area (Å²) in [4.78, 5) is 11.8. The van der Waals surface area contributed by atoms with Crippen molar-refractivity contribution >= 4 is 5.78 Å².